The van der Waals surface area contributed by atoms with Crippen LogP contribution < -0.4 is 5.32 Å². The van der Waals surface area contributed by atoms with Gasteiger partial charge in [-0.05, 0) is 13.5 Å². The lowest BCUT2D eigenvalue weighted by atomic mass is 10.1. The third-order valence-corrected chi connectivity index (χ3v) is 1.81. The van der Waals surface area contributed by atoms with Crippen molar-refractivity contribution < 1.29 is 9.47 Å². The lowest BCUT2D eigenvalue weighted by molar-refractivity contribution is 0.0663. The molecule has 3 nitrogen and oxygen atoms in total. The molecular weight excluding hydrogens is 166 g/mol. The normalized spacial score (nSPS) is 12.4. The summed E-state index contributed by atoms with van der Waals surface area (Å²) in [7, 11) is 3.58. The first-order chi connectivity index (χ1) is 6.35. The average molecular weight is 185 g/mol. The Balaban J connectivity index is 3.23. The predicted octanol–water partition coefficient (Wildman–Crippen LogP) is 0.651. The Morgan fingerprint density at radius 1 is 1.38 bits per heavy atom. The van der Waals surface area contributed by atoms with Crippen LogP contribution in [0.1, 0.15) is 12.8 Å². The van der Waals surface area contributed by atoms with Gasteiger partial charge in [0.1, 0.15) is 0 Å². The highest BCUT2D eigenvalue weighted by Gasteiger charge is 2.02. The molecule has 0 amide bonds. The first-order valence-corrected chi connectivity index (χ1v) is 4.52. The van der Waals surface area contributed by atoms with E-state index >= 15 is 0 Å². The summed E-state index contributed by atoms with van der Waals surface area (Å²) in [6.07, 6.45) is 6.91. The fourth-order valence-electron chi connectivity index (χ4n) is 0.961. The fourth-order valence-corrected chi connectivity index (χ4v) is 0.961. The van der Waals surface area contributed by atoms with Gasteiger partial charge in [-0.15, -0.1) is 12.3 Å². The fraction of sp³-hybridized carbons (Fsp3) is 0.800. The van der Waals surface area contributed by atoms with Crippen LogP contribution in [0.15, 0.2) is 0 Å². The lowest BCUT2D eigenvalue weighted by Gasteiger charge is -2.12. The van der Waals surface area contributed by atoms with Crippen molar-refractivity contribution in [1.82, 2.24) is 5.32 Å². The van der Waals surface area contributed by atoms with E-state index < -0.39 is 0 Å². The maximum absolute atomic E-state index is 5.32. The van der Waals surface area contributed by atoms with Crippen LogP contribution in [0, 0.1) is 12.3 Å². The van der Waals surface area contributed by atoms with Crippen LogP contribution in [0.2, 0.25) is 0 Å². The first-order valence-electron chi connectivity index (χ1n) is 4.52. The second kappa shape index (κ2) is 9.53. The van der Waals surface area contributed by atoms with E-state index in [4.69, 9.17) is 15.9 Å². The van der Waals surface area contributed by atoms with E-state index in [1.54, 1.807) is 7.11 Å². The monoisotopic (exact) mass is 185 g/mol. The molecule has 0 aliphatic rings. The smallest absolute Gasteiger partial charge is 0.0700 e. The molecule has 0 saturated heterocycles. The summed E-state index contributed by atoms with van der Waals surface area (Å²) < 4.78 is 10.2. The number of terminal acetylenes is 1. The molecule has 0 saturated carbocycles. The molecule has 0 aromatic rings. The molecule has 0 spiro atoms. The van der Waals surface area contributed by atoms with Crippen molar-refractivity contribution in [3.63, 3.8) is 0 Å². The molecule has 13 heavy (non-hydrogen) atoms. The van der Waals surface area contributed by atoms with Gasteiger partial charge in [0.05, 0.1) is 13.2 Å². The highest BCUT2D eigenvalue weighted by atomic mass is 16.5. The number of rotatable bonds is 8. The van der Waals surface area contributed by atoms with Gasteiger partial charge in [0.25, 0.3) is 0 Å². The van der Waals surface area contributed by atoms with Crippen molar-refractivity contribution in [2.75, 3.05) is 34.0 Å². The number of hydrogen-bond donors (Lipinski definition) is 1. The van der Waals surface area contributed by atoms with Gasteiger partial charge in [-0.2, -0.15) is 0 Å². The van der Waals surface area contributed by atoms with E-state index in [-0.39, 0.29) is 0 Å². The Kier molecular flexibility index (Phi) is 9.12. The Hall–Kier alpha value is -0.560. The Morgan fingerprint density at radius 3 is 2.69 bits per heavy atom. The van der Waals surface area contributed by atoms with E-state index in [1.807, 2.05) is 7.05 Å². The number of nitrogens with one attached hydrogen (secondary N) is 1. The zero-order chi connectivity index (χ0) is 9.94. The third kappa shape index (κ3) is 7.79. The minimum Gasteiger partial charge on any atom is -0.382 e. The topological polar surface area (TPSA) is 30.5 Å². The molecule has 0 aliphatic carbocycles. The molecule has 1 atom stereocenters. The van der Waals surface area contributed by atoms with Gasteiger partial charge in [0, 0.05) is 26.2 Å². The maximum Gasteiger partial charge on any atom is 0.0700 e. The average Bonchev–Trinajstić information content (AvgIpc) is 2.16. The van der Waals surface area contributed by atoms with E-state index in [1.165, 1.54) is 0 Å². The molecular formula is C10H19NO2. The Morgan fingerprint density at radius 2 is 2.15 bits per heavy atom. The van der Waals surface area contributed by atoms with E-state index in [2.05, 4.69) is 11.2 Å². The largest absolute Gasteiger partial charge is 0.382 e. The van der Waals surface area contributed by atoms with Crippen LogP contribution in [0.5, 0.6) is 0 Å². The van der Waals surface area contributed by atoms with Crippen LogP contribution in [-0.2, 0) is 9.47 Å². The van der Waals surface area contributed by atoms with Gasteiger partial charge >= 0.3 is 0 Å². The standard InChI is InChI=1S/C10H19NO2/c1-4-5-10(11-2)6-7-13-9-8-12-3/h1,10-11H,5-9H2,2-3H3. The predicted molar refractivity (Wildman–Crippen MR) is 53.6 cm³/mol. The summed E-state index contributed by atoms with van der Waals surface area (Å²) in [5.41, 5.74) is 0. The van der Waals surface area contributed by atoms with Crippen molar-refractivity contribution in [3.8, 4) is 12.3 Å². The quantitative estimate of drug-likeness (QED) is 0.445. The summed E-state index contributed by atoms with van der Waals surface area (Å²) in [6, 6.07) is 0.368. The first kappa shape index (κ1) is 12.4. The molecule has 0 aromatic heterocycles. The highest BCUT2D eigenvalue weighted by molar-refractivity contribution is 4.89. The van der Waals surface area contributed by atoms with E-state index in [0.29, 0.717) is 19.3 Å². The lowest BCUT2D eigenvalue weighted by Crippen LogP contribution is -2.26. The summed E-state index contributed by atoms with van der Waals surface area (Å²) in [5.74, 6) is 2.63. The van der Waals surface area contributed by atoms with Gasteiger partial charge < -0.3 is 14.8 Å². The van der Waals surface area contributed by atoms with Gasteiger partial charge in [0.15, 0.2) is 0 Å². The van der Waals surface area contributed by atoms with Gasteiger partial charge in [-0.3, -0.25) is 0 Å². The zero-order valence-electron chi connectivity index (χ0n) is 8.51. The molecule has 0 rings (SSSR count). The molecule has 1 N–H and O–H groups in total. The van der Waals surface area contributed by atoms with Crippen LogP contribution in [0.3, 0.4) is 0 Å². The van der Waals surface area contributed by atoms with Gasteiger partial charge in [0.2, 0.25) is 0 Å². The second-order valence-corrected chi connectivity index (χ2v) is 2.79. The molecule has 0 fully saturated rings. The zero-order valence-corrected chi connectivity index (χ0v) is 8.51. The van der Waals surface area contributed by atoms with Crippen LogP contribution in [0.25, 0.3) is 0 Å². The Bertz CT molecular complexity index is 142. The van der Waals surface area contributed by atoms with E-state index in [0.717, 1.165) is 19.4 Å². The van der Waals surface area contributed by atoms with Crippen molar-refractivity contribution in [1.29, 1.82) is 0 Å². The molecule has 0 aromatic carbocycles. The molecule has 1 unspecified atom stereocenters. The summed E-state index contributed by atoms with van der Waals surface area (Å²) >= 11 is 0. The minimum atomic E-state index is 0.368. The number of ether oxygens (including phenoxy) is 2. The van der Waals surface area contributed by atoms with Crippen molar-refractivity contribution >= 4 is 0 Å². The maximum atomic E-state index is 5.32. The number of hydrogen-bond acceptors (Lipinski definition) is 3. The molecule has 0 aliphatic heterocycles. The van der Waals surface area contributed by atoms with Crippen LogP contribution in [0.4, 0.5) is 0 Å². The summed E-state index contributed by atoms with van der Waals surface area (Å²) in [4.78, 5) is 0. The minimum absolute atomic E-state index is 0.368. The van der Waals surface area contributed by atoms with Crippen molar-refractivity contribution in [2.45, 2.75) is 18.9 Å². The Labute approximate surface area is 80.8 Å². The molecule has 76 valence electrons. The second-order valence-electron chi connectivity index (χ2n) is 2.79. The van der Waals surface area contributed by atoms with Gasteiger partial charge in [-0.25, -0.2) is 0 Å². The summed E-state index contributed by atoms with van der Waals surface area (Å²) in [5, 5.41) is 3.14. The van der Waals surface area contributed by atoms with E-state index in [9.17, 15) is 0 Å². The van der Waals surface area contributed by atoms with Gasteiger partial charge in [-0.1, -0.05) is 0 Å². The van der Waals surface area contributed by atoms with Crippen LogP contribution >= 0.6 is 0 Å². The molecule has 0 heterocycles. The van der Waals surface area contributed by atoms with Crippen LogP contribution in [-0.4, -0.2) is 40.0 Å². The molecule has 0 bridgehead atoms. The van der Waals surface area contributed by atoms with Crippen molar-refractivity contribution in [2.24, 2.45) is 0 Å². The highest BCUT2D eigenvalue weighted by Crippen LogP contribution is 1.96. The third-order valence-electron chi connectivity index (χ3n) is 1.81. The number of methoxy groups -OCH3 is 1. The molecule has 3 heteroatoms. The SMILES string of the molecule is C#CCC(CCOCCOC)NC. The van der Waals surface area contributed by atoms with Crippen molar-refractivity contribution in [3.05, 3.63) is 0 Å². The molecule has 0 radical (unpaired) electrons. The summed E-state index contributed by atoms with van der Waals surface area (Å²) in [6.45, 7) is 2.04.